The van der Waals surface area contributed by atoms with Gasteiger partial charge < -0.3 is 0 Å². The lowest BCUT2D eigenvalue weighted by Gasteiger charge is -2.28. The van der Waals surface area contributed by atoms with E-state index >= 15 is 0 Å². The van der Waals surface area contributed by atoms with Gasteiger partial charge in [0.15, 0.2) is 5.78 Å². The molecule has 0 fully saturated rings. The molecule has 1 aliphatic rings. The Balaban J connectivity index is 3.04. The number of carbonyl (C=O) groups excluding carboxylic acids is 1. The highest BCUT2D eigenvalue weighted by Gasteiger charge is 2.28. The average Bonchev–Trinajstić information content (AvgIpc) is 2.02. The molecule has 0 atom stereocenters. The highest BCUT2D eigenvalue weighted by Crippen LogP contribution is 2.36. The van der Waals surface area contributed by atoms with Crippen molar-refractivity contribution in [2.45, 2.75) is 33.6 Å². The van der Waals surface area contributed by atoms with E-state index in [-0.39, 0.29) is 11.2 Å². The summed E-state index contributed by atoms with van der Waals surface area (Å²) in [5, 5.41) is 0. The van der Waals surface area contributed by atoms with Crippen molar-refractivity contribution in [1.29, 1.82) is 0 Å². The smallest absolute Gasteiger partial charge is 0.163 e. The fraction of sp³-hybridized carbons (Fsp3) is 0.462. The summed E-state index contributed by atoms with van der Waals surface area (Å²) >= 11 is 0. The average molecular weight is 190 g/mol. The standard InChI is InChI=1S/C13H18O/c1-5-7-11(14)12-10(2)8-6-9-13(12,3)4/h5-6,9H,1,7-8H2,2-4H3. The largest absolute Gasteiger partial charge is 0.294 e. The van der Waals surface area contributed by atoms with Gasteiger partial charge in [-0.25, -0.2) is 0 Å². The molecule has 76 valence electrons. The predicted molar refractivity (Wildman–Crippen MR) is 60.1 cm³/mol. The molecule has 0 aromatic carbocycles. The normalized spacial score (nSPS) is 19.6. The summed E-state index contributed by atoms with van der Waals surface area (Å²) in [6.45, 7) is 9.82. The minimum atomic E-state index is -0.109. The Bertz CT molecular complexity index is 316. The molecule has 14 heavy (non-hydrogen) atoms. The monoisotopic (exact) mass is 190 g/mol. The Kier molecular flexibility index (Phi) is 3.10. The van der Waals surface area contributed by atoms with Crippen LogP contribution < -0.4 is 0 Å². The minimum absolute atomic E-state index is 0.109. The molecule has 0 unspecified atom stereocenters. The molecule has 0 heterocycles. The van der Waals surface area contributed by atoms with Crippen LogP contribution in [-0.4, -0.2) is 5.78 Å². The van der Waals surface area contributed by atoms with Crippen LogP contribution in [0.25, 0.3) is 0 Å². The second kappa shape index (κ2) is 3.95. The van der Waals surface area contributed by atoms with Crippen molar-refractivity contribution in [1.82, 2.24) is 0 Å². The first-order valence-electron chi connectivity index (χ1n) is 5.01. The van der Waals surface area contributed by atoms with Crippen LogP contribution in [-0.2, 0) is 4.79 Å². The Morgan fingerprint density at radius 1 is 1.64 bits per heavy atom. The molecule has 1 heteroatoms. The zero-order valence-corrected chi connectivity index (χ0v) is 9.26. The van der Waals surface area contributed by atoms with Crippen LogP contribution in [0.5, 0.6) is 0 Å². The lowest BCUT2D eigenvalue weighted by atomic mass is 9.75. The van der Waals surface area contributed by atoms with Gasteiger partial charge in [0.25, 0.3) is 0 Å². The topological polar surface area (TPSA) is 17.1 Å². The maximum Gasteiger partial charge on any atom is 0.163 e. The molecule has 0 radical (unpaired) electrons. The first-order valence-corrected chi connectivity index (χ1v) is 5.01. The van der Waals surface area contributed by atoms with Gasteiger partial charge in [0.1, 0.15) is 0 Å². The summed E-state index contributed by atoms with van der Waals surface area (Å²) < 4.78 is 0. The highest BCUT2D eigenvalue weighted by atomic mass is 16.1. The Hall–Kier alpha value is -1.11. The van der Waals surface area contributed by atoms with Crippen molar-refractivity contribution in [2.24, 2.45) is 5.41 Å². The van der Waals surface area contributed by atoms with Crippen LogP contribution in [0.2, 0.25) is 0 Å². The van der Waals surface area contributed by atoms with E-state index in [1.165, 1.54) is 5.57 Å². The Morgan fingerprint density at radius 2 is 2.29 bits per heavy atom. The third-order valence-corrected chi connectivity index (χ3v) is 2.64. The van der Waals surface area contributed by atoms with Gasteiger partial charge in [-0.2, -0.15) is 0 Å². The van der Waals surface area contributed by atoms with E-state index < -0.39 is 0 Å². The summed E-state index contributed by atoms with van der Waals surface area (Å²) in [5.41, 5.74) is 2.06. The number of Topliss-reactive ketones (excluding diaryl/α,β-unsaturated/α-hetero) is 1. The molecule has 0 bridgehead atoms. The molecule has 1 rings (SSSR count). The maximum absolute atomic E-state index is 11.9. The van der Waals surface area contributed by atoms with Gasteiger partial charge in [-0.3, -0.25) is 4.79 Å². The lowest BCUT2D eigenvalue weighted by Crippen LogP contribution is -2.22. The highest BCUT2D eigenvalue weighted by molar-refractivity contribution is 5.98. The van der Waals surface area contributed by atoms with Gasteiger partial charge >= 0.3 is 0 Å². The molecule has 0 saturated carbocycles. The van der Waals surface area contributed by atoms with Gasteiger partial charge in [-0.1, -0.05) is 37.6 Å². The van der Waals surface area contributed by atoms with Crippen LogP contribution in [0.15, 0.2) is 36.0 Å². The van der Waals surface area contributed by atoms with Crippen LogP contribution in [0.4, 0.5) is 0 Å². The second-order valence-corrected chi connectivity index (χ2v) is 4.40. The van der Waals surface area contributed by atoms with Crippen molar-refractivity contribution >= 4 is 5.78 Å². The second-order valence-electron chi connectivity index (χ2n) is 4.40. The van der Waals surface area contributed by atoms with Crippen LogP contribution in [0, 0.1) is 5.41 Å². The van der Waals surface area contributed by atoms with E-state index in [0.29, 0.717) is 6.42 Å². The number of hydrogen-bond acceptors (Lipinski definition) is 1. The molecule has 0 N–H and O–H groups in total. The van der Waals surface area contributed by atoms with Crippen molar-refractivity contribution in [3.05, 3.63) is 36.0 Å². The number of carbonyl (C=O) groups is 1. The van der Waals surface area contributed by atoms with E-state index in [0.717, 1.165) is 12.0 Å². The van der Waals surface area contributed by atoms with Gasteiger partial charge in [-0.05, 0) is 13.3 Å². The zero-order valence-electron chi connectivity index (χ0n) is 9.26. The van der Waals surface area contributed by atoms with E-state index in [2.05, 4.69) is 32.6 Å². The third-order valence-electron chi connectivity index (χ3n) is 2.64. The molecule has 1 aliphatic carbocycles. The first-order chi connectivity index (χ1) is 6.49. The van der Waals surface area contributed by atoms with Crippen molar-refractivity contribution < 1.29 is 4.79 Å². The molecule has 0 spiro atoms. The summed E-state index contributed by atoms with van der Waals surface area (Å²) in [6, 6.07) is 0. The van der Waals surface area contributed by atoms with E-state index in [4.69, 9.17) is 0 Å². The SMILES string of the molecule is C=CCC(=O)C1=C(C)CC=CC1(C)C. The van der Waals surface area contributed by atoms with Crippen LogP contribution >= 0.6 is 0 Å². The molecule has 0 saturated heterocycles. The minimum Gasteiger partial charge on any atom is -0.294 e. The number of rotatable bonds is 3. The summed E-state index contributed by atoms with van der Waals surface area (Å²) in [7, 11) is 0. The molecule has 0 aromatic rings. The summed E-state index contributed by atoms with van der Waals surface area (Å²) in [6.07, 6.45) is 7.29. The molecule has 0 aromatic heterocycles. The predicted octanol–water partition coefficient (Wildman–Crippen LogP) is 3.43. The molecular formula is C13H18O. The fourth-order valence-electron chi connectivity index (χ4n) is 2.10. The van der Waals surface area contributed by atoms with Crippen LogP contribution in [0.3, 0.4) is 0 Å². The Morgan fingerprint density at radius 3 is 2.79 bits per heavy atom. The lowest BCUT2D eigenvalue weighted by molar-refractivity contribution is -0.115. The summed E-state index contributed by atoms with van der Waals surface area (Å²) in [4.78, 5) is 11.9. The van der Waals surface area contributed by atoms with Gasteiger partial charge in [0, 0.05) is 17.4 Å². The van der Waals surface area contributed by atoms with Gasteiger partial charge in [-0.15, -0.1) is 6.58 Å². The van der Waals surface area contributed by atoms with E-state index in [1.807, 2.05) is 6.92 Å². The molecule has 0 aliphatic heterocycles. The first kappa shape index (κ1) is 11.0. The number of ketones is 1. The van der Waals surface area contributed by atoms with E-state index in [1.54, 1.807) is 6.08 Å². The van der Waals surface area contributed by atoms with Gasteiger partial charge in [0.2, 0.25) is 0 Å². The zero-order chi connectivity index (χ0) is 10.8. The van der Waals surface area contributed by atoms with Crippen molar-refractivity contribution in [3.63, 3.8) is 0 Å². The molecule has 0 amide bonds. The molecular weight excluding hydrogens is 172 g/mol. The Labute approximate surface area is 86.2 Å². The molecule has 1 nitrogen and oxygen atoms in total. The van der Waals surface area contributed by atoms with E-state index in [9.17, 15) is 4.79 Å². The van der Waals surface area contributed by atoms with Gasteiger partial charge in [0.05, 0.1) is 0 Å². The quantitative estimate of drug-likeness (QED) is 0.623. The number of hydrogen-bond donors (Lipinski definition) is 0. The number of allylic oxidation sites excluding steroid dienone is 5. The fourth-order valence-corrected chi connectivity index (χ4v) is 2.10. The van der Waals surface area contributed by atoms with Crippen LogP contribution in [0.1, 0.15) is 33.6 Å². The van der Waals surface area contributed by atoms with Crippen molar-refractivity contribution in [2.75, 3.05) is 0 Å². The summed E-state index contributed by atoms with van der Waals surface area (Å²) in [5.74, 6) is 0.215. The maximum atomic E-state index is 11.9. The third kappa shape index (κ3) is 2.03. The van der Waals surface area contributed by atoms with Crippen molar-refractivity contribution in [3.8, 4) is 0 Å².